The molecular weight excluding hydrogens is 360 g/mol. The average molecular weight is 376 g/mol. The van der Waals surface area contributed by atoms with Crippen LogP contribution in [0.4, 0.5) is 0 Å². The van der Waals surface area contributed by atoms with Gasteiger partial charge in [0.15, 0.2) is 12.4 Å². The number of ketones is 1. The number of benzene rings is 3. The van der Waals surface area contributed by atoms with Gasteiger partial charge in [0.25, 0.3) is 11.1 Å². The van der Waals surface area contributed by atoms with Gasteiger partial charge in [-0.1, -0.05) is 78.5 Å². The fraction of sp³-hybridized carbons (Fsp3) is 0.0952. The molecule has 0 N–H and O–H groups in total. The number of rotatable bonds is 7. The van der Waals surface area contributed by atoms with E-state index in [-0.39, 0.29) is 18.1 Å². The Morgan fingerprint density at radius 1 is 0.926 bits per heavy atom. The number of carbonyl (C=O) groups is 1. The quantitative estimate of drug-likeness (QED) is 0.342. The van der Waals surface area contributed by atoms with Crippen molar-refractivity contribution in [3.05, 3.63) is 84.3 Å². The van der Waals surface area contributed by atoms with E-state index in [1.165, 1.54) is 11.8 Å². The summed E-state index contributed by atoms with van der Waals surface area (Å²) in [6.45, 7) is 0.175. The standard InChI is InChI=1S/C21H16N2O3S/c24-18(16-8-2-1-3-9-16)14-27-21-23-22-20(26-21)13-25-19-12-6-10-15-7-4-5-11-17(15)19/h1-12H,13-14H2. The highest BCUT2D eigenvalue weighted by Gasteiger charge is 2.12. The van der Waals surface area contributed by atoms with Gasteiger partial charge in [-0.05, 0) is 11.5 Å². The lowest BCUT2D eigenvalue weighted by atomic mass is 10.1. The Morgan fingerprint density at radius 3 is 2.59 bits per heavy atom. The Morgan fingerprint density at radius 2 is 1.70 bits per heavy atom. The van der Waals surface area contributed by atoms with Gasteiger partial charge >= 0.3 is 0 Å². The molecule has 0 saturated carbocycles. The van der Waals surface area contributed by atoms with Crippen LogP contribution >= 0.6 is 11.8 Å². The third-order valence-electron chi connectivity index (χ3n) is 3.97. The van der Waals surface area contributed by atoms with Crippen LogP contribution in [0.2, 0.25) is 0 Å². The van der Waals surface area contributed by atoms with Crippen molar-refractivity contribution in [1.82, 2.24) is 10.2 Å². The Bertz CT molecular complexity index is 1060. The maximum Gasteiger partial charge on any atom is 0.277 e. The normalized spacial score (nSPS) is 10.8. The molecule has 0 spiro atoms. The molecule has 0 aliphatic rings. The Labute approximate surface area is 160 Å². The fourth-order valence-electron chi connectivity index (χ4n) is 2.65. The van der Waals surface area contributed by atoms with E-state index in [0.717, 1.165) is 16.5 Å². The van der Waals surface area contributed by atoms with Crippen molar-refractivity contribution in [2.24, 2.45) is 0 Å². The highest BCUT2D eigenvalue weighted by Crippen LogP contribution is 2.26. The van der Waals surface area contributed by atoms with E-state index in [1.807, 2.05) is 60.7 Å². The molecule has 0 atom stereocenters. The fourth-order valence-corrected chi connectivity index (χ4v) is 3.33. The molecular formula is C21H16N2O3S. The molecule has 4 aromatic rings. The Balaban J connectivity index is 1.36. The van der Waals surface area contributed by atoms with Crippen molar-refractivity contribution in [2.75, 3.05) is 5.75 Å². The van der Waals surface area contributed by atoms with E-state index in [2.05, 4.69) is 10.2 Å². The summed E-state index contributed by atoms with van der Waals surface area (Å²) in [7, 11) is 0. The van der Waals surface area contributed by atoms with Crippen LogP contribution in [0.5, 0.6) is 5.75 Å². The van der Waals surface area contributed by atoms with Gasteiger partial charge in [-0.2, -0.15) is 0 Å². The highest BCUT2D eigenvalue weighted by atomic mass is 32.2. The summed E-state index contributed by atoms with van der Waals surface area (Å²) in [4.78, 5) is 12.1. The molecule has 5 nitrogen and oxygen atoms in total. The van der Waals surface area contributed by atoms with Gasteiger partial charge in [0.1, 0.15) is 5.75 Å². The minimum atomic E-state index is 0.0207. The van der Waals surface area contributed by atoms with Gasteiger partial charge < -0.3 is 9.15 Å². The number of fused-ring (bicyclic) bond motifs is 1. The molecule has 134 valence electrons. The van der Waals surface area contributed by atoms with E-state index in [4.69, 9.17) is 9.15 Å². The first-order valence-electron chi connectivity index (χ1n) is 8.43. The Hall–Kier alpha value is -3.12. The van der Waals surface area contributed by atoms with Crippen LogP contribution in [0.15, 0.2) is 82.4 Å². The second-order valence-corrected chi connectivity index (χ2v) is 6.73. The molecule has 1 aromatic heterocycles. The van der Waals surface area contributed by atoms with Crippen LogP contribution in [-0.2, 0) is 6.61 Å². The van der Waals surface area contributed by atoms with Gasteiger partial charge in [-0.3, -0.25) is 4.79 Å². The SMILES string of the molecule is O=C(CSc1nnc(COc2cccc3ccccc23)o1)c1ccccc1. The number of hydrogen-bond donors (Lipinski definition) is 0. The highest BCUT2D eigenvalue weighted by molar-refractivity contribution is 7.99. The summed E-state index contributed by atoms with van der Waals surface area (Å²) in [6, 6.07) is 23.0. The molecule has 0 radical (unpaired) electrons. The molecule has 6 heteroatoms. The lowest BCUT2D eigenvalue weighted by Gasteiger charge is -2.07. The lowest BCUT2D eigenvalue weighted by molar-refractivity contribution is 0.102. The number of nitrogens with zero attached hydrogens (tertiary/aromatic N) is 2. The number of hydrogen-bond acceptors (Lipinski definition) is 6. The van der Waals surface area contributed by atoms with Crippen LogP contribution in [0.25, 0.3) is 10.8 Å². The molecule has 0 fully saturated rings. The molecule has 27 heavy (non-hydrogen) atoms. The van der Waals surface area contributed by atoms with Gasteiger partial charge in [0.2, 0.25) is 0 Å². The van der Waals surface area contributed by atoms with Crippen molar-refractivity contribution in [1.29, 1.82) is 0 Å². The smallest absolute Gasteiger partial charge is 0.277 e. The number of ether oxygens (including phenoxy) is 1. The topological polar surface area (TPSA) is 65.2 Å². The van der Waals surface area contributed by atoms with Crippen molar-refractivity contribution in [3.63, 3.8) is 0 Å². The zero-order valence-electron chi connectivity index (χ0n) is 14.4. The summed E-state index contributed by atoms with van der Waals surface area (Å²) < 4.78 is 11.4. The number of thioether (sulfide) groups is 1. The number of carbonyl (C=O) groups excluding carboxylic acids is 1. The Kier molecular flexibility index (Phi) is 5.16. The summed E-state index contributed by atoms with van der Waals surface area (Å²) in [6.07, 6.45) is 0. The summed E-state index contributed by atoms with van der Waals surface area (Å²) >= 11 is 1.22. The van der Waals surface area contributed by atoms with E-state index in [0.29, 0.717) is 16.7 Å². The summed E-state index contributed by atoms with van der Waals surface area (Å²) in [5, 5.41) is 10.5. The first-order chi connectivity index (χ1) is 13.3. The molecule has 0 amide bonds. The maximum absolute atomic E-state index is 12.1. The minimum Gasteiger partial charge on any atom is -0.483 e. The number of Topliss-reactive ketones (excluding diaryl/α,β-unsaturated/α-hetero) is 1. The average Bonchev–Trinajstić information content (AvgIpc) is 3.19. The summed E-state index contributed by atoms with van der Waals surface area (Å²) in [5.41, 5.74) is 0.670. The van der Waals surface area contributed by atoms with Crippen molar-refractivity contribution in [2.45, 2.75) is 11.8 Å². The molecule has 0 aliphatic carbocycles. The van der Waals surface area contributed by atoms with Crippen LogP contribution < -0.4 is 4.74 Å². The van der Waals surface area contributed by atoms with Crippen molar-refractivity contribution in [3.8, 4) is 5.75 Å². The number of aromatic nitrogens is 2. The lowest BCUT2D eigenvalue weighted by Crippen LogP contribution is -2.01. The van der Waals surface area contributed by atoms with Crippen molar-refractivity contribution < 1.29 is 13.9 Å². The molecule has 0 aliphatic heterocycles. The minimum absolute atomic E-state index is 0.0207. The van der Waals surface area contributed by atoms with E-state index >= 15 is 0 Å². The molecule has 0 unspecified atom stereocenters. The van der Waals surface area contributed by atoms with Crippen molar-refractivity contribution >= 4 is 28.3 Å². The van der Waals surface area contributed by atoms with E-state index < -0.39 is 0 Å². The second kappa shape index (κ2) is 8.05. The van der Waals surface area contributed by atoms with Gasteiger partial charge in [0.05, 0.1) is 5.75 Å². The maximum atomic E-state index is 12.1. The first kappa shape index (κ1) is 17.3. The van der Waals surface area contributed by atoms with Gasteiger partial charge in [-0.25, -0.2) is 0 Å². The predicted octanol–water partition coefficient (Wildman–Crippen LogP) is 4.78. The van der Waals surface area contributed by atoms with Crippen LogP contribution in [0.1, 0.15) is 16.2 Å². The molecule has 1 heterocycles. The van der Waals surface area contributed by atoms with E-state index in [1.54, 1.807) is 12.1 Å². The first-order valence-corrected chi connectivity index (χ1v) is 9.42. The summed E-state index contributed by atoms with van der Waals surface area (Å²) in [5.74, 6) is 1.40. The molecule has 0 bridgehead atoms. The van der Waals surface area contributed by atoms with E-state index in [9.17, 15) is 4.79 Å². The molecule has 4 rings (SSSR count). The second-order valence-electron chi connectivity index (χ2n) is 5.81. The zero-order chi connectivity index (χ0) is 18.5. The van der Waals surface area contributed by atoms with Crippen LogP contribution in [-0.4, -0.2) is 21.7 Å². The zero-order valence-corrected chi connectivity index (χ0v) is 15.2. The van der Waals surface area contributed by atoms with Gasteiger partial charge in [-0.15, -0.1) is 10.2 Å². The largest absolute Gasteiger partial charge is 0.483 e. The van der Waals surface area contributed by atoms with Crippen LogP contribution in [0, 0.1) is 0 Å². The predicted molar refractivity (Wildman–Crippen MR) is 104 cm³/mol. The molecule has 0 saturated heterocycles. The van der Waals surface area contributed by atoms with Gasteiger partial charge in [0, 0.05) is 10.9 Å². The van der Waals surface area contributed by atoms with Crippen LogP contribution in [0.3, 0.4) is 0 Å². The third kappa shape index (κ3) is 4.17. The molecule has 3 aromatic carbocycles. The third-order valence-corrected chi connectivity index (χ3v) is 4.79. The monoisotopic (exact) mass is 376 g/mol.